The van der Waals surface area contributed by atoms with Crippen LogP contribution in [0, 0.1) is 6.92 Å². The fourth-order valence-corrected chi connectivity index (χ4v) is 2.65. The van der Waals surface area contributed by atoms with Crippen LogP contribution >= 0.6 is 11.6 Å². The van der Waals surface area contributed by atoms with Crippen molar-refractivity contribution < 1.29 is 9.90 Å². The lowest BCUT2D eigenvalue weighted by Gasteiger charge is -2.22. The predicted molar refractivity (Wildman–Crippen MR) is 74.4 cm³/mol. The summed E-state index contributed by atoms with van der Waals surface area (Å²) in [6.07, 6.45) is 2.15. The predicted octanol–water partition coefficient (Wildman–Crippen LogP) is 2.42. The minimum atomic E-state index is -0.666. The van der Waals surface area contributed by atoms with Gasteiger partial charge in [0.15, 0.2) is 0 Å². The van der Waals surface area contributed by atoms with E-state index in [9.17, 15) is 9.90 Å². The normalized spacial score (nSPS) is 24.1. The van der Waals surface area contributed by atoms with Crippen LogP contribution < -0.4 is 0 Å². The van der Waals surface area contributed by atoms with Gasteiger partial charge in [-0.25, -0.2) is 4.98 Å². The number of aromatic nitrogens is 1. The number of hydrogen-bond acceptors (Lipinski definition) is 3. The number of aryl methyl sites for hydroxylation is 1. The van der Waals surface area contributed by atoms with E-state index in [0.29, 0.717) is 30.2 Å². The number of hydrogen-bond donors (Lipinski definition) is 1. The van der Waals surface area contributed by atoms with Crippen molar-refractivity contribution in [3.8, 4) is 0 Å². The number of amides is 1. The number of carbonyl (C=O) groups excluding carboxylic acids is 1. The maximum absolute atomic E-state index is 12.4. The van der Waals surface area contributed by atoms with Gasteiger partial charge in [-0.2, -0.15) is 0 Å². The molecule has 1 aliphatic heterocycles. The lowest BCUT2D eigenvalue weighted by molar-refractivity contribution is 0.0438. The third kappa shape index (κ3) is 3.67. The number of aliphatic hydroxyl groups is 1. The monoisotopic (exact) mass is 282 g/mol. The van der Waals surface area contributed by atoms with Crippen LogP contribution in [0.1, 0.15) is 42.2 Å². The Kier molecular flexibility index (Phi) is 4.11. The van der Waals surface area contributed by atoms with Gasteiger partial charge in [-0.3, -0.25) is 4.79 Å². The third-order valence-electron chi connectivity index (χ3n) is 3.52. The van der Waals surface area contributed by atoms with Gasteiger partial charge in [0.1, 0.15) is 5.15 Å². The van der Waals surface area contributed by atoms with Crippen LogP contribution in [0.3, 0.4) is 0 Å². The molecule has 2 heterocycles. The summed E-state index contributed by atoms with van der Waals surface area (Å²) in [6.45, 7) is 4.89. The Bertz CT molecular complexity index is 468. The molecule has 1 unspecified atom stereocenters. The van der Waals surface area contributed by atoms with E-state index in [1.165, 1.54) is 0 Å². The number of halogens is 1. The van der Waals surface area contributed by atoms with Crippen molar-refractivity contribution in [2.75, 3.05) is 13.1 Å². The van der Waals surface area contributed by atoms with Crippen LogP contribution in [0.25, 0.3) is 0 Å². The van der Waals surface area contributed by atoms with Crippen molar-refractivity contribution in [1.82, 2.24) is 9.88 Å². The molecule has 1 atom stereocenters. The van der Waals surface area contributed by atoms with Gasteiger partial charge >= 0.3 is 0 Å². The fraction of sp³-hybridized carbons (Fsp3) is 0.571. The Labute approximate surface area is 118 Å². The molecule has 1 fully saturated rings. The summed E-state index contributed by atoms with van der Waals surface area (Å²) >= 11 is 5.89. The van der Waals surface area contributed by atoms with Crippen LogP contribution in [0.2, 0.25) is 5.15 Å². The van der Waals surface area contributed by atoms with Crippen molar-refractivity contribution in [2.24, 2.45) is 0 Å². The highest BCUT2D eigenvalue weighted by Crippen LogP contribution is 2.23. The Morgan fingerprint density at radius 3 is 2.84 bits per heavy atom. The molecule has 1 N–H and O–H groups in total. The highest BCUT2D eigenvalue weighted by atomic mass is 35.5. The zero-order chi connectivity index (χ0) is 14.0. The molecule has 0 spiro atoms. The molecule has 5 heteroatoms. The molecule has 0 aromatic carbocycles. The van der Waals surface area contributed by atoms with E-state index in [4.69, 9.17) is 11.6 Å². The second-order valence-electron chi connectivity index (χ2n) is 5.46. The average Bonchev–Trinajstić information content (AvgIpc) is 2.48. The molecule has 1 amide bonds. The minimum absolute atomic E-state index is 0.0369. The molecular weight excluding hydrogens is 264 g/mol. The van der Waals surface area contributed by atoms with Crippen molar-refractivity contribution in [1.29, 1.82) is 0 Å². The van der Waals surface area contributed by atoms with Gasteiger partial charge in [-0.05, 0) is 45.2 Å². The molecule has 1 aromatic heterocycles. The zero-order valence-corrected chi connectivity index (χ0v) is 12.1. The zero-order valence-electron chi connectivity index (χ0n) is 11.3. The number of rotatable bonds is 1. The van der Waals surface area contributed by atoms with Crippen LogP contribution in [-0.2, 0) is 0 Å². The average molecular weight is 283 g/mol. The Hall–Kier alpha value is -1.13. The molecule has 4 nitrogen and oxygen atoms in total. The first-order valence-electron chi connectivity index (χ1n) is 6.53. The smallest absolute Gasteiger partial charge is 0.254 e. The number of likely N-dealkylation sites (tertiary alicyclic amines) is 1. The molecule has 0 saturated carbocycles. The van der Waals surface area contributed by atoms with E-state index < -0.39 is 5.60 Å². The molecule has 0 bridgehead atoms. The van der Waals surface area contributed by atoms with Crippen molar-refractivity contribution in [3.05, 3.63) is 28.5 Å². The summed E-state index contributed by atoms with van der Waals surface area (Å²) < 4.78 is 0. The summed E-state index contributed by atoms with van der Waals surface area (Å²) in [5, 5.41) is 10.4. The second kappa shape index (κ2) is 5.47. The number of carbonyl (C=O) groups is 1. The topological polar surface area (TPSA) is 53.4 Å². The van der Waals surface area contributed by atoms with Gasteiger partial charge in [-0.15, -0.1) is 0 Å². The Balaban J connectivity index is 2.15. The van der Waals surface area contributed by atoms with Crippen molar-refractivity contribution in [3.63, 3.8) is 0 Å². The molecular formula is C14H19ClN2O2. The van der Waals surface area contributed by atoms with Crippen molar-refractivity contribution in [2.45, 2.75) is 38.7 Å². The highest BCUT2D eigenvalue weighted by Gasteiger charge is 2.27. The molecule has 1 aromatic rings. The molecule has 0 radical (unpaired) electrons. The Morgan fingerprint density at radius 1 is 1.42 bits per heavy atom. The molecule has 1 aliphatic rings. The highest BCUT2D eigenvalue weighted by molar-refractivity contribution is 6.29. The lowest BCUT2D eigenvalue weighted by Crippen LogP contribution is -2.33. The minimum Gasteiger partial charge on any atom is -0.390 e. The number of pyridine rings is 1. The fourth-order valence-electron chi connectivity index (χ4n) is 2.40. The summed E-state index contributed by atoms with van der Waals surface area (Å²) in [4.78, 5) is 18.3. The van der Waals surface area contributed by atoms with Gasteiger partial charge < -0.3 is 10.0 Å². The van der Waals surface area contributed by atoms with Crippen LogP contribution in [0.5, 0.6) is 0 Å². The summed E-state index contributed by atoms with van der Waals surface area (Å²) in [6, 6.07) is 3.34. The number of nitrogens with zero attached hydrogens (tertiary/aromatic N) is 2. The van der Waals surface area contributed by atoms with E-state index in [-0.39, 0.29) is 5.91 Å². The van der Waals surface area contributed by atoms with E-state index in [2.05, 4.69) is 4.98 Å². The third-order valence-corrected chi connectivity index (χ3v) is 3.71. The maximum Gasteiger partial charge on any atom is 0.254 e. The largest absolute Gasteiger partial charge is 0.390 e. The second-order valence-corrected chi connectivity index (χ2v) is 5.85. The SMILES string of the molecule is Cc1cc(C(=O)N2CCCC(C)(O)CC2)cc(Cl)n1. The van der Waals surface area contributed by atoms with Gasteiger partial charge in [0, 0.05) is 24.3 Å². The molecule has 2 rings (SSSR count). The van der Waals surface area contributed by atoms with Gasteiger partial charge in [0.2, 0.25) is 0 Å². The molecule has 1 saturated heterocycles. The van der Waals surface area contributed by atoms with Gasteiger partial charge in [0.05, 0.1) is 5.60 Å². The van der Waals surface area contributed by atoms with Crippen LogP contribution in [0.4, 0.5) is 0 Å². The summed E-state index contributed by atoms with van der Waals surface area (Å²) in [5.74, 6) is -0.0369. The van der Waals surface area contributed by atoms with Gasteiger partial charge in [0.25, 0.3) is 5.91 Å². The van der Waals surface area contributed by atoms with Gasteiger partial charge in [-0.1, -0.05) is 11.6 Å². The summed E-state index contributed by atoms with van der Waals surface area (Å²) in [7, 11) is 0. The van der Waals surface area contributed by atoms with Crippen LogP contribution in [0.15, 0.2) is 12.1 Å². The van der Waals surface area contributed by atoms with Crippen LogP contribution in [-0.4, -0.2) is 39.6 Å². The Morgan fingerprint density at radius 2 is 2.16 bits per heavy atom. The molecule has 104 valence electrons. The lowest BCUT2D eigenvalue weighted by atomic mass is 9.98. The van der Waals surface area contributed by atoms with E-state index in [1.807, 2.05) is 13.8 Å². The maximum atomic E-state index is 12.4. The molecule has 0 aliphatic carbocycles. The molecule has 19 heavy (non-hydrogen) atoms. The quantitative estimate of drug-likeness (QED) is 0.805. The van der Waals surface area contributed by atoms with E-state index >= 15 is 0 Å². The first kappa shape index (κ1) is 14.3. The van der Waals surface area contributed by atoms with Crippen molar-refractivity contribution >= 4 is 17.5 Å². The standard InChI is InChI=1S/C14H19ClN2O2/c1-10-8-11(9-12(15)16-10)13(18)17-6-3-4-14(2,19)5-7-17/h8-9,19H,3-7H2,1-2H3. The first-order valence-corrected chi connectivity index (χ1v) is 6.91. The summed E-state index contributed by atoms with van der Waals surface area (Å²) in [5.41, 5.74) is 0.637. The first-order chi connectivity index (χ1) is 8.87. The van der Waals surface area contributed by atoms with E-state index in [1.54, 1.807) is 17.0 Å². The van der Waals surface area contributed by atoms with E-state index in [0.717, 1.165) is 18.5 Å².